The molecule has 0 radical (unpaired) electrons. The molecule has 1 atom stereocenters. The van der Waals surface area contributed by atoms with Gasteiger partial charge in [-0.05, 0) is 66.0 Å². The maximum atomic E-state index is 12.7. The monoisotopic (exact) mass is 499 g/mol. The Kier molecular flexibility index (Phi) is 7.69. The highest BCUT2D eigenvalue weighted by molar-refractivity contribution is 9.10. The molecule has 0 bridgehead atoms. The van der Waals surface area contributed by atoms with Crippen molar-refractivity contribution >= 4 is 39.5 Å². The third kappa shape index (κ3) is 5.02. The Morgan fingerprint density at radius 3 is 2.44 bits per heavy atom. The summed E-state index contributed by atoms with van der Waals surface area (Å²) in [6, 6.07) is 13.3. The molecule has 8 heteroatoms. The number of urea groups is 1. The molecule has 3 amide bonds. The minimum absolute atomic E-state index is 0.240. The van der Waals surface area contributed by atoms with E-state index in [1.54, 1.807) is 61.2 Å². The van der Waals surface area contributed by atoms with Crippen molar-refractivity contribution in [2.45, 2.75) is 33.2 Å². The summed E-state index contributed by atoms with van der Waals surface area (Å²) in [6.45, 7) is 6.23. The zero-order valence-electron chi connectivity index (χ0n) is 18.3. The van der Waals surface area contributed by atoms with Crippen LogP contribution in [0.25, 0.3) is 0 Å². The molecule has 7 nitrogen and oxygen atoms in total. The van der Waals surface area contributed by atoms with Gasteiger partial charge in [0.1, 0.15) is 0 Å². The van der Waals surface area contributed by atoms with Crippen molar-refractivity contribution in [2.75, 3.05) is 18.5 Å². The van der Waals surface area contributed by atoms with Gasteiger partial charge in [0, 0.05) is 22.4 Å². The fraction of sp³-hybridized carbons (Fsp3) is 0.292. The summed E-state index contributed by atoms with van der Waals surface area (Å²) in [7, 11) is 0. The fourth-order valence-corrected chi connectivity index (χ4v) is 4.06. The molecular formula is C24H26BrN3O4. The summed E-state index contributed by atoms with van der Waals surface area (Å²) in [5.74, 6) is -0.697. The first-order valence-electron chi connectivity index (χ1n) is 10.5. The number of anilines is 1. The molecule has 0 aromatic heterocycles. The van der Waals surface area contributed by atoms with E-state index in [4.69, 9.17) is 4.74 Å². The van der Waals surface area contributed by atoms with Gasteiger partial charge in [-0.1, -0.05) is 31.2 Å². The van der Waals surface area contributed by atoms with E-state index in [1.165, 1.54) is 0 Å². The van der Waals surface area contributed by atoms with E-state index >= 15 is 0 Å². The summed E-state index contributed by atoms with van der Waals surface area (Å²) >= 11 is 3.38. The molecule has 32 heavy (non-hydrogen) atoms. The number of esters is 1. The minimum atomic E-state index is -0.636. The Labute approximate surface area is 195 Å². The van der Waals surface area contributed by atoms with E-state index in [1.807, 2.05) is 13.0 Å². The van der Waals surface area contributed by atoms with E-state index < -0.39 is 12.0 Å². The van der Waals surface area contributed by atoms with E-state index in [9.17, 15) is 14.4 Å². The second-order valence-corrected chi connectivity index (χ2v) is 8.16. The topological polar surface area (TPSA) is 87.7 Å². The molecule has 2 N–H and O–H groups in total. The van der Waals surface area contributed by atoms with E-state index in [2.05, 4.69) is 26.6 Å². The van der Waals surface area contributed by atoms with Crippen molar-refractivity contribution in [3.05, 3.63) is 75.4 Å². The van der Waals surface area contributed by atoms with Crippen LogP contribution in [-0.2, 0) is 9.53 Å². The number of benzene rings is 2. The van der Waals surface area contributed by atoms with Gasteiger partial charge in [-0.2, -0.15) is 0 Å². The molecule has 0 saturated carbocycles. The maximum absolute atomic E-state index is 12.7. The second kappa shape index (κ2) is 10.5. The zero-order valence-corrected chi connectivity index (χ0v) is 19.9. The molecule has 0 spiro atoms. The number of rotatable bonds is 7. The molecule has 0 aliphatic carbocycles. The lowest BCUT2D eigenvalue weighted by Gasteiger charge is -2.35. The Balaban J connectivity index is 1.87. The number of carbonyl (C=O) groups excluding carboxylic acids is 3. The number of allylic oxidation sites excluding steroid dienone is 1. The molecular weight excluding hydrogens is 474 g/mol. The van der Waals surface area contributed by atoms with Gasteiger partial charge in [-0.15, -0.1) is 0 Å². The predicted octanol–water partition coefficient (Wildman–Crippen LogP) is 5.01. The Morgan fingerprint density at radius 1 is 1.12 bits per heavy atom. The molecule has 0 unspecified atom stereocenters. The van der Waals surface area contributed by atoms with Crippen molar-refractivity contribution in [1.29, 1.82) is 0 Å². The lowest BCUT2D eigenvalue weighted by molar-refractivity contribution is -0.139. The normalized spacial score (nSPS) is 15.9. The van der Waals surface area contributed by atoms with Gasteiger partial charge in [0.05, 0.1) is 23.8 Å². The number of halogens is 1. The SMILES string of the molecule is CCCN1C(=O)N[C@H](c2ccc(NC(=O)c3ccccc3Br)cc2)C(C(=O)OCC)=C1C. The van der Waals surface area contributed by atoms with Gasteiger partial charge in [0.15, 0.2) is 0 Å². The maximum Gasteiger partial charge on any atom is 0.338 e. The predicted molar refractivity (Wildman–Crippen MR) is 126 cm³/mol. The molecule has 0 fully saturated rings. The molecule has 1 aliphatic heterocycles. The van der Waals surface area contributed by atoms with Crippen molar-refractivity contribution in [1.82, 2.24) is 10.2 Å². The first-order chi connectivity index (χ1) is 15.4. The Morgan fingerprint density at radius 2 is 1.81 bits per heavy atom. The van der Waals surface area contributed by atoms with Crippen LogP contribution in [0.15, 0.2) is 64.3 Å². The van der Waals surface area contributed by atoms with Gasteiger partial charge < -0.3 is 15.4 Å². The molecule has 2 aromatic carbocycles. The van der Waals surface area contributed by atoms with Gasteiger partial charge >= 0.3 is 12.0 Å². The second-order valence-electron chi connectivity index (χ2n) is 7.31. The summed E-state index contributed by atoms with van der Waals surface area (Å²) in [5.41, 5.74) is 2.84. The average Bonchev–Trinajstić information content (AvgIpc) is 2.77. The van der Waals surface area contributed by atoms with E-state index in [-0.39, 0.29) is 18.5 Å². The fourth-order valence-electron chi connectivity index (χ4n) is 3.60. The molecule has 168 valence electrons. The summed E-state index contributed by atoms with van der Waals surface area (Å²) in [4.78, 5) is 39.5. The van der Waals surface area contributed by atoms with Gasteiger partial charge in [-0.3, -0.25) is 9.69 Å². The highest BCUT2D eigenvalue weighted by atomic mass is 79.9. The number of hydrogen-bond acceptors (Lipinski definition) is 4. The van der Waals surface area contributed by atoms with Crippen LogP contribution in [0.3, 0.4) is 0 Å². The number of ether oxygens (including phenoxy) is 1. The van der Waals surface area contributed by atoms with Crippen LogP contribution in [0.1, 0.15) is 49.2 Å². The van der Waals surface area contributed by atoms with Crippen LogP contribution in [0.2, 0.25) is 0 Å². The third-order valence-corrected chi connectivity index (χ3v) is 5.85. The minimum Gasteiger partial charge on any atom is -0.463 e. The smallest absolute Gasteiger partial charge is 0.338 e. The quantitative estimate of drug-likeness (QED) is 0.523. The lowest BCUT2D eigenvalue weighted by Crippen LogP contribution is -2.48. The van der Waals surface area contributed by atoms with Crippen LogP contribution < -0.4 is 10.6 Å². The van der Waals surface area contributed by atoms with Crippen LogP contribution in [0.4, 0.5) is 10.5 Å². The van der Waals surface area contributed by atoms with Crippen LogP contribution in [-0.4, -0.2) is 36.0 Å². The number of carbonyl (C=O) groups is 3. The van der Waals surface area contributed by atoms with Crippen molar-refractivity contribution in [3.63, 3.8) is 0 Å². The summed E-state index contributed by atoms with van der Waals surface area (Å²) in [5, 5.41) is 5.77. The third-order valence-electron chi connectivity index (χ3n) is 5.16. The standard InChI is InChI=1S/C24H26BrN3O4/c1-4-14-28-15(3)20(23(30)32-5-2)21(27-24(28)31)16-10-12-17(13-11-16)26-22(29)18-8-6-7-9-19(18)25/h6-13,21H,4-5,14H2,1-3H3,(H,26,29)(H,27,31)/t21-/m1/s1. The molecule has 3 rings (SSSR count). The van der Waals surface area contributed by atoms with Gasteiger partial charge in [0.25, 0.3) is 5.91 Å². The first kappa shape index (κ1) is 23.5. The van der Waals surface area contributed by atoms with E-state index in [0.717, 1.165) is 12.0 Å². The van der Waals surface area contributed by atoms with Gasteiger partial charge in [-0.25, -0.2) is 9.59 Å². The molecule has 1 heterocycles. The number of nitrogens with zero attached hydrogens (tertiary/aromatic N) is 1. The van der Waals surface area contributed by atoms with Gasteiger partial charge in [0.2, 0.25) is 0 Å². The Bertz CT molecular complexity index is 1050. The lowest BCUT2D eigenvalue weighted by atomic mass is 9.94. The molecule has 0 saturated heterocycles. The number of nitrogens with one attached hydrogen (secondary N) is 2. The summed E-state index contributed by atoms with van der Waals surface area (Å²) < 4.78 is 5.97. The zero-order chi connectivity index (χ0) is 23.3. The van der Waals surface area contributed by atoms with Crippen molar-refractivity contribution in [3.8, 4) is 0 Å². The Hall–Kier alpha value is -3.13. The van der Waals surface area contributed by atoms with Crippen LogP contribution in [0.5, 0.6) is 0 Å². The van der Waals surface area contributed by atoms with Crippen LogP contribution >= 0.6 is 15.9 Å². The summed E-state index contributed by atoms with van der Waals surface area (Å²) in [6.07, 6.45) is 0.761. The molecule has 1 aliphatic rings. The van der Waals surface area contributed by atoms with Crippen molar-refractivity contribution < 1.29 is 19.1 Å². The molecule has 2 aromatic rings. The van der Waals surface area contributed by atoms with E-state index in [0.29, 0.717) is 33.5 Å². The number of hydrogen-bond donors (Lipinski definition) is 2. The first-order valence-corrected chi connectivity index (χ1v) is 11.3. The largest absolute Gasteiger partial charge is 0.463 e. The highest BCUT2D eigenvalue weighted by Gasteiger charge is 2.36. The van der Waals surface area contributed by atoms with Crippen molar-refractivity contribution in [2.24, 2.45) is 0 Å². The van der Waals surface area contributed by atoms with Crippen LogP contribution in [0, 0.1) is 0 Å². The average molecular weight is 500 g/mol. The number of amides is 3. The highest BCUT2D eigenvalue weighted by Crippen LogP contribution is 2.32.